The number of rotatable bonds is 7. The van der Waals surface area contributed by atoms with Gasteiger partial charge in [-0.15, -0.1) is 23.1 Å². The SMILES string of the molecule is Cc1nc(C2=C(C(=O)S)N3C(=O)[C@@H](NC(=O)Cc4ccccc4)[C@H]3SC2)sc1CC(=O)O. The first-order valence-corrected chi connectivity index (χ1v) is 12.0. The van der Waals surface area contributed by atoms with E-state index in [2.05, 4.69) is 22.9 Å². The minimum atomic E-state index is -0.965. The van der Waals surface area contributed by atoms with Gasteiger partial charge >= 0.3 is 5.97 Å². The number of aliphatic carboxylic acids is 1. The van der Waals surface area contributed by atoms with E-state index in [0.29, 0.717) is 26.9 Å². The van der Waals surface area contributed by atoms with Gasteiger partial charge in [0.15, 0.2) is 0 Å². The van der Waals surface area contributed by atoms with Crippen LogP contribution in [0.2, 0.25) is 0 Å². The molecular weight excluding hydrogens is 470 g/mol. The van der Waals surface area contributed by atoms with Gasteiger partial charge in [-0.3, -0.25) is 24.1 Å². The van der Waals surface area contributed by atoms with Gasteiger partial charge in [-0.25, -0.2) is 4.98 Å². The summed E-state index contributed by atoms with van der Waals surface area (Å²) in [6, 6.07) is 8.50. The van der Waals surface area contributed by atoms with Crippen molar-refractivity contribution in [2.45, 2.75) is 31.2 Å². The van der Waals surface area contributed by atoms with Crippen LogP contribution in [0.25, 0.3) is 5.57 Å². The molecule has 1 saturated heterocycles. The number of thiol groups is 1. The van der Waals surface area contributed by atoms with Crippen molar-refractivity contribution in [1.29, 1.82) is 0 Å². The molecule has 0 radical (unpaired) electrons. The molecule has 0 unspecified atom stereocenters. The van der Waals surface area contributed by atoms with Gasteiger partial charge in [0.2, 0.25) is 11.0 Å². The molecule has 4 rings (SSSR count). The maximum absolute atomic E-state index is 12.9. The summed E-state index contributed by atoms with van der Waals surface area (Å²) < 4.78 is 0. The quantitative estimate of drug-likeness (QED) is 0.402. The number of nitrogens with zero attached hydrogens (tertiary/aromatic N) is 2. The topological polar surface area (TPSA) is 117 Å². The summed E-state index contributed by atoms with van der Waals surface area (Å²) in [5, 5.41) is 11.4. The summed E-state index contributed by atoms with van der Waals surface area (Å²) in [6.07, 6.45) is 0.00106. The third-order valence-corrected chi connectivity index (χ3v) is 7.87. The van der Waals surface area contributed by atoms with E-state index >= 15 is 0 Å². The Hall–Kier alpha value is -2.63. The zero-order chi connectivity index (χ0) is 23.0. The van der Waals surface area contributed by atoms with Crippen LogP contribution in [0.4, 0.5) is 0 Å². The number of β-lactam (4-membered cyclic amide) rings is 1. The number of thiazole rings is 1. The van der Waals surface area contributed by atoms with Crippen LogP contribution in [-0.2, 0) is 32.0 Å². The third-order valence-electron chi connectivity index (χ3n) is 5.16. The van der Waals surface area contributed by atoms with Crippen molar-refractivity contribution in [1.82, 2.24) is 15.2 Å². The Morgan fingerprint density at radius 3 is 2.62 bits per heavy atom. The van der Waals surface area contributed by atoms with E-state index in [0.717, 1.165) is 5.56 Å². The molecular formula is C21H19N3O5S3. The molecule has 8 nitrogen and oxygen atoms in total. The van der Waals surface area contributed by atoms with Crippen LogP contribution in [0.3, 0.4) is 0 Å². The third kappa shape index (κ3) is 4.32. The highest BCUT2D eigenvalue weighted by atomic mass is 32.2. The number of aryl methyl sites for hydroxylation is 1. The Balaban J connectivity index is 1.54. The summed E-state index contributed by atoms with van der Waals surface area (Å²) in [5.41, 5.74) is 2.12. The molecule has 32 heavy (non-hydrogen) atoms. The molecule has 1 aromatic heterocycles. The van der Waals surface area contributed by atoms with Crippen molar-refractivity contribution in [3.8, 4) is 0 Å². The number of benzene rings is 1. The lowest BCUT2D eigenvalue weighted by Crippen LogP contribution is -2.70. The molecule has 0 aliphatic carbocycles. The fourth-order valence-corrected chi connectivity index (χ4v) is 6.42. The normalized spacial score (nSPS) is 19.9. The molecule has 0 saturated carbocycles. The second kappa shape index (κ2) is 9.08. The number of carbonyl (C=O) groups is 4. The van der Waals surface area contributed by atoms with Crippen LogP contribution < -0.4 is 5.32 Å². The van der Waals surface area contributed by atoms with Gasteiger partial charge in [-0.1, -0.05) is 43.0 Å². The lowest BCUT2D eigenvalue weighted by atomic mass is 10.0. The molecule has 166 valence electrons. The zero-order valence-electron chi connectivity index (χ0n) is 16.9. The van der Waals surface area contributed by atoms with Gasteiger partial charge in [0.25, 0.3) is 5.91 Å². The Bertz CT molecular complexity index is 1140. The molecule has 2 aromatic rings. The smallest absolute Gasteiger partial charge is 0.308 e. The molecule has 0 bridgehead atoms. The van der Waals surface area contributed by atoms with Gasteiger partial charge < -0.3 is 10.4 Å². The number of nitrogens with one attached hydrogen (secondary N) is 1. The largest absolute Gasteiger partial charge is 0.481 e. The Morgan fingerprint density at radius 2 is 1.97 bits per heavy atom. The van der Waals surface area contributed by atoms with Gasteiger partial charge in [-0.2, -0.15) is 0 Å². The molecule has 2 aliphatic heterocycles. The molecule has 2 aliphatic rings. The molecule has 3 heterocycles. The summed E-state index contributed by atoms with van der Waals surface area (Å²) in [4.78, 5) is 55.1. The summed E-state index contributed by atoms with van der Waals surface area (Å²) in [6.45, 7) is 1.72. The number of carbonyl (C=O) groups excluding carboxylic acids is 3. The first-order chi connectivity index (χ1) is 15.3. The van der Waals surface area contributed by atoms with Crippen molar-refractivity contribution in [2.24, 2.45) is 0 Å². The lowest BCUT2D eigenvalue weighted by Gasteiger charge is -2.49. The molecule has 2 amide bonds. The average Bonchev–Trinajstić information content (AvgIpc) is 3.10. The van der Waals surface area contributed by atoms with E-state index in [1.807, 2.05) is 30.3 Å². The summed E-state index contributed by atoms with van der Waals surface area (Å²) in [5.74, 6) is -1.22. The monoisotopic (exact) mass is 489 g/mol. The van der Waals surface area contributed by atoms with Crippen LogP contribution in [0.1, 0.15) is 21.1 Å². The van der Waals surface area contributed by atoms with Crippen LogP contribution in [-0.4, -0.2) is 55.1 Å². The second-order valence-corrected chi connectivity index (χ2v) is 9.94. The standard InChI is InChI=1S/C21H19N3O5S3/c1-10-13(8-15(26)27)32-18(22-10)12-9-31-20-16(19(28)24(20)17(12)21(29)30)23-14(25)7-11-5-3-2-4-6-11/h2-6,16,20H,7-9H2,1H3,(H,23,25)(H,26,27)(H,29,30)/t16-,20-/m1/s1. The summed E-state index contributed by atoms with van der Waals surface area (Å²) in [7, 11) is 0. The number of carboxylic acid groups (broad SMARTS) is 1. The highest BCUT2D eigenvalue weighted by Crippen LogP contribution is 2.44. The average molecular weight is 490 g/mol. The first kappa shape index (κ1) is 22.6. The molecule has 1 fully saturated rings. The zero-order valence-corrected chi connectivity index (χ0v) is 19.4. The summed E-state index contributed by atoms with van der Waals surface area (Å²) >= 11 is 6.60. The molecule has 11 heteroatoms. The number of thioether (sulfide) groups is 1. The predicted molar refractivity (Wildman–Crippen MR) is 124 cm³/mol. The number of amides is 2. The minimum absolute atomic E-state index is 0.145. The number of fused-ring (bicyclic) bond motifs is 1. The fraction of sp³-hybridized carbons (Fsp3) is 0.286. The van der Waals surface area contributed by atoms with Gasteiger partial charge in [0, 0.05) is 16.2 Å². The Labute approximate surface area is 197 Å². The van der Waals surface area contributed by atoms with Crippen molar-refractivity contribution in [3.63, 3.8) is 0 Å². The van der Waals surface area contributed by atoms with E-state index in [1.54, 1.807) is 6.92 Å². The lowest BCUT2D eigenvalue weighted by molar-refractivity contribution is -0.146. The number of hydrogen-bond donors (Lipinski definition) is 3. The molecule has 0 spiro atoms. The fourth-order valence-electron chi connectivity index (χ4n) is 3.65. The highest BCUT2D eigenvalue weighted by molar-refractivity contribution is 8.00. The van der Waals surface area contributed by atoms with Crippen LogP contribution in [0.15, 0.2) is 36.0 Å². The minimum Gasteiger partial charge on any atom is -0.481 e. The predicted octanol–water partition coefficient (Wildman–Crippen LogP) is 1.89. The maximum Gasteiger partial charge on any atom is 0.308 e. The number of carboxylic acids is 1. The van der Waals surface area contributed by atoms with E-state index in [-0.39, 0.29) is 30.4 Å². The number of aromatic nitrogens is 1. The van der Waals surface area contributed by atoms with Crippen LogP contribution in [0.5, 0.6) is 0 Å². The van der Waals surface area contributed by atoms with Crippen molar-refractivity contribution in [3.05, 3.63) is 57.2 Å². The molecule has 2 atom stereocenters. The molecule has 1 aromatic carbocycles. The van der Waals surface area contributed by atoms with Crippen LogP contribution >= 0.6 is 35.7 Å². The maximum atomic E-state index is 12.9. The van der Waals surface area contributed by atoms with E-state index < -0.39 is 22.5 Å². The number of hydrogen-bond acceptors (Lipinski definition) is 7. The first-order valence-electron chi connectivity index (χ1n) is 9.69. The van der Waals surface area contributed by atoms with E-state index in [9.17, 15) is 19.2 Å². The molecule has 2 N–H and O–H groups in total. The van der Waals surface area contributed by atoms with Gasteiger partial charge in [0.1, 0.15) is 22.1 Å². The van der Waals surface area contributed by atoms with Crippen molar-refractivity contribution < 1.29 is 24.3 Å². The van der Waals surface area contributed by atoms with Crippen molar-refractivity contribution in [2.75, 3.05) is 5.75 Å². The van der Waals surface area contributed by atoms with E-state index in [4.69, 9.17) is 5.11 Å². The van der Waals surface area contributed by atoms with Gasteiger partial charge in [-0.05, 0) is 12.5 Å². The Kier molecular flexibility index (Phi) is 6.40. The van der Waals surface area contributed by atoms with Crippen LogP contribution in [0, 0.1) is 6.92 Å². The highest BCUT2D eigenvalue weighted by Gasteiger charge is 2.54. The van der Waals surface area contributed by atoms with Crippen molar-refractivity contribution >= 4 is 64.2 Å². The van der Waals surface area contributed by atoms with E-state index in [1.165, 1.54) is 28.0 Å². The second-order valence-electron chi connectivity index (χ2n) is 7.35. The van der Waals surface area contributed by atoms with Gasteiger partial charge in [0.05, 0.1) is 18.5 Å². The Morgan fingerprint density at radius 1 is 1.25 bits per heavy atom.